The smallest absolute Gasteiger partial charge is 0.333 e. The molecule has 0 amide bonds. The molecule has 0 heterocycles. The molecule has 0 bridgehead atoms. The molecule has 0 saturated heterocycles. The maximum absolute atomic E-state index is 11.3. The van der Waals surface area contributed by atoms with Crippen molar-refractivity contribution in [2.45, 2.75) is 40.0 Å². The third-order valence-electron chi connectivity index (χ3n) is 1.75. The van der Waals surface area contributed by atoms with Gasteiger partial charge in [-0.2, -0.15) is 0 Å². The van der Waals surface area contributed by atoms with E-state index in [9.17, 15) is 4.79 Å². The van der Waals surface area contributed by atoms with E-state index in [0.717, 1.165) is 19.3 Å². The minimum absolute atomic E-state index is 0.197. The average molecular weight is 196 g/mol. The molecule has 2 heteroatoms. The molecule has 0 N–H and O–H groups in total. The van der Waals surface area contributed by atoms with Crippen LogP contribution in [0.5, 0.6) is 0 Å². The lowest BCUT2D eigenvalue weighted by atomic mass is 10.2. The van der Waals surface area contributed by atoms with E-state index in [1.807, 2.05) is 19.1 Å². The largest absolute Gasteiger partial charge is 0.462 e. The van der Waals surface area contributed by atoms with Crippen molar-refractivity contribution in [1.82, 2.24) is 0 Å². The monoisotopic (exact) mass is 196 g/mol. The SMILES string of the molecule is CCC=C(C)C(=O)OCC/C=C/CC. The first-order valence-corrected chi connectivity index (χ1v) is 5.21. The van der Waals surface area contributed by atoms with Crippen molar-refractivity contribution in [2.24, 2.45) is 0 Å². The number of rotatable bonds is 6. The first kappa shape index (κ1) is 12.9. The Balaban J connectivity index is 3.64. The van der Waals surface area contributed by atoms with Crippen LogP contribution in [0.3, 0.4) is 0 Å². The van der Waals surface area contributed by atoms with Gasteiger partial charge in [0.05, 0.1) is 6.61 Å². The Morgan fingerprint density at radius 3 is 2.50 bits per heavy atom. The Kier molecular flexibility index (Phi) is 7.90. The number of hydrogen-bond acceptors (Lipinski definition) is 2. The standard InChI is InChI=1S/C12H20O2/c1-4-6-7-8-10-14-12(13)11(3)9-5-2/h6-7,9H,4-5,8,10H2,1-3H3/b7-6+,11-9?. The second kappa shape index (κ2) is 8.54. The van der Waals surface area contributed by atoms with E-state index < -0.39 is 0 Å². The van der Waals surface area contributed by atoms with Gasteiger partial charge >= 0.3 is 5.97 Å². The third-order valence-corrected chi connectivity index (χ3v) is 1.75. The molecule has 0 radical (unpaired) electrons. The van der Waals surface area contributed by atoms with Crippen LogP contribution in [-0.4, -0.2) is 12.6 Å². The number of carbonyl (C=O) groups excluding carboxylic acids is 1. The average Bonchev–Trinajstić information content (AvgIpc) is 2.17. The van der Waals surface area contributed by atoms with Gasteiger partial charge in [-0.05, 0) is 26.2 Å². The van der Waals surface area contributed by atoms with Crippen LogP contribution in [0.2, 0.25) is 0 Å². The first-order valence-electron chi connectivity index (χ1n) is 5.21. The summed E-state index contributed by atoms with van der Waals surface area (Å²) in [4.78, 5) is 11.3. The van der Waals surface area contributed by atoms with Gasteiger partial charge in [-0.3, -0.25) is 0 Å². The number of ether oxygens (including phenoxy) is 1. The van der Waals surface area contributed by atoms with E-state index in [2.05, 4.69) is 13.0 Å². The lowest BCUT2D eigenvalue weighted by molar-refractivity contribution is -0.138. The molecule has 0 unspecified atom stereocenters. The van der Waals surface area contributed by atoms with Crippen molar-refractivity contribution < 1.29 is 9.53 Å². The molecular formula is C12H20O2. The van der Waals surface area contributed by atoms with Gasteiger partial charge in [-0.15, -0.1) is 0 Å². The minimum Gasteiger partial charge on any atom is -0.462 e. The minimum atomic E-state index is -0.197. The van der Waals surface area contributed by atoms with Crippen LogP contribution >= 0.6 is 0 Å². The Hall–Kier alpha value is -1.05. The van der Waals surface area contributed by atoms with Crippen LogP contribution in [-0.2, 0) is 9.53 Å². The van der Waals surface area contributed by atoms with Gasteiger partial charge in [0.15, 0.2) is 0 Å². The highest BCUT2D eigenvalue weighted by Gasteiger charge is 2.02. The van der Waals surface area contributed by atoms with Crippen LogP contribution in [0.1, 0.15) is 40.0 Å². The Bertz CT molecular complexity index is 214. The zero-order valence-corrected chi connectivity index (χ0v) is 9.38. The normalized spacial score (nSPS) is 12.1. The fourth-order valence-electron chi connectivity index (χ4n) is 1.01. The molecule has 0 aromatic carbocycles. The number of esters is 1. The summed E-state index contributed by atoms with van der Waals surface area (Å²) in [5, 5.41) is 0. The van der Waals surface area contributed by atoms with E-state index in [-0.39, 0.29) is 5.97 Å². The van der Waals surface area contributed by atoms with Crippen molar-refractivity contribution in [3.8, 4) is 0 Å². The Labute approximate surface area is 86.6 Å². The van der Waals surface area contributed by atoms with Crippen molar-refractivity contribution in [3.63, 3.8) is 0 Å². The third kappa shape index (κ3) is 6.46. The van der Waals surface area contributed by atoms with Crippen molar-refractivity contribution >= 4 is 5.97 Å². The van der Waals surface area contributed by atoms with Crippen molar-refractivity contribution in [2.75, 3.05) is 6.61 Å². The summed E-state index contributed by atoms with van der Waals surface area (Å²) in [7, 11) is 0. The highest BCUT2D eigenvalue weighted by Crippen LogP contribution is 1.99. The molecule has 0 aromatic rings. The predicted octanol–water partition coefficient (Wildman–Crippen LogP) is 3.24. The molecule has 0 fully saturated rings. The molecule has 14 heavy (non-hydrogen) atoms. The quantitative estimate of drug-likeness (QED) is 0.282. The van der Waals surface area contributed by atoms with Crippen molar-refractivity contribution in [3.05, 3.63) is 23.8 Å². The molecule has 0 atom stereocenters. The Morgan fingerprint density at radius 2 is 1.93 bits per heavy atom. The van der Waals surface area contributed by atoms with Crippen LogP contribution in [0.25, 0.3) is 0 Å². The fourth-order valence-corrected chi connectivity index (χ4v) is 1.01. The number of allylic oxidation sites excluding steroid dienone is 2. The van der Waals surface area contributed by atoms with Gasteiger partial charge in [0.1, 0.15) is 0 Å². The first-order chi connectivity index (χ1) is 6.72. The van der Waals surface area contributed by atoms with Crippen LogP contribution in [0, 0.1) is 0 Å². The number of carbonyl (C=O) groups is 1. The molecule has 0 spiro atoms. The maximum Gasteiger partial charge on any atom is 0.333 e. The van der Waals surface area contributed by atoms with Gasteiger partial charge in [0, 0.05) is 5.57 Å². The summed E-state index contributed by atoms with van der Waals surface area (Å²) in [6.45, 7) is 6.34. The van der Waals surface area contributed by atoms with Crippen molar-refractivity contribution in [1.29, 1.82) is 0 Å². The van der Waals surface area contributed by atoms with E-state index in [4.69, 9.17) is 4.74 Å². The summed E-state index contributed by atoms with van der Waals surface area (Å²) in [6, 6.07) is 0. The molecule has 0 saturated carbocycles. The molecule has 2 nitrogen and oxygen atoms in total. The number of hydrogen-bond donors (Lipinski definition) is 0. The zero-order chi connectivity index (χ0) is 10.8. The predicted molar refractivity (Wildman–Crippen MR) is 59.1 cm³/mol. The Morgan fingerprint density at radius 1 is 1.21 bits per heavy atom. The topological polar surface area (TPSA) is 26.3 Å². The molecule has 0 aliphatic rings. The molecule has 0 aliphatic heterocycles. The molecular weight excluding hydrogens is 176 g/mol. The second-order valence-electron chi connectivity index (χ2n) is 3.10. The van der Waals surface area contributed by atoms with E-state index in [1.165, 1.54) is 0 Å². The van der Waals surface area contributed by atoms with Gasteiger partial charge < -0.3 is 4.74 Å². The van der Waals surface area contributed by atoms with E-state index in [0.29, 0.717) is 12.2 Å². The summed E-state index contributed by atoms with van der Waals surface area (Å²) in [5.74, 6) is -0.197. The summed E-state index contributed by atoms with van der Waals surface area (Å²) < 4.78 is 5.04. The lowest BCUT2D eigenvalue weighted by Crippen LogP contribution is -2.06. The van der Waals surface area contributed by atoms with Gasteiger partial charge in [0.25, 0.3) is 0 Å². The van der Waals surface area contributed by atoms with Crippen LogP contribution in [0.4, 0.5) is 0 Å². The highest BCUT2D eigenvalue weighted by molar-refractivity contribution is 5.87. The fraction of sp³-hybridized carbons (Fsp3) is 0.583. The summed E-state index contributed by atoms with van der Waals surface area (Å²) in [6.07, 6.45) is 8.69. The zero-order valence-electron chi connectivity index (χ0n) is 9.38. The molecule has 0 rings (SSSR count). The molecule has 0 aliphatic carbocycles. The second-order valence-corrected chi connectivity index (χ2v) is 3.10. The van der Waals surface area contributed by atoms with Gasteiger partial charge in [-0.25, -0.2) is 4.79 Å². The molecule has 0 aromatic heterocycles. The molecule has 80 valence electrons. The highest BCUT2D eigenvalue weighted by atomic mass is 16.5. The maximum atomic E-state index is 11.3. The van der Waals surface area contributed by atoms with E-state index >= 15 is 0 Å². The summed E-state index contributed by atoms with van der Waals surface area (Å²) in [5.41, 5.74) is 0.701. The van der Waals surface area contributed by atoms with Gasteiger partial charge in [-0.1, -0.05) is 32.1 Å². The van der Waals surface area contributed by atoms with Crippen LogP contribution in [0.15, 0.2) is 23.8 Å². The summed E-state index contributed by atoms with van der Waals surface area (Å²) >= 11 is 0. The van der Waals surface area contributed by atoms with Crippen LogP contribution < -0.4 is 0 Å². The lowest BCUT2D eigenvalue weighted by Gasteiger charge is -2.02. The van der Waals surface area contributed by atoms with Gasteiger partial charge in [0.2, 0.25) is 0 Å². The van der Waals surface area contributed by atoms with E-state index in [1.54, 1.807) is 6.92 Å².